The highest BCUT2D eigenvalue weighted by atomic mass is 32.1. The lowest BCUT2D eigenvalue weighted by molar-refractivity contribution is -0.146. The van der Waals surface area contributed by atoms with Crippen LogP contribution in [0.4, 0.5) is 5.13 Å². The molecular formula is C33H27N3O11S. The number of thiazole rings is 1. The first-order valence-corrected chi connectivity index (χ1v) is 14.5. The number of aromatic nitrogens is 1. The van der Waals surface area contributed by atoms with Crippen molar-refractivity contribution in [3.63, 3.8) is 0 Å². The Hall–Kier alpha value is -6.48. The number of hydrazone groups is 1. The van der Waals surface area contributed by atoms with Gasteiger partial charge < -0.3 is 33.2 Å². The zero-order valence-electron chi connectivity index (χ0n) is 25.1. The largest absolute Gasteiger partial charge is 0.457 e. The zero-order valence-corrected chi connectivity index (χ0v) is 25.9. The van der Waals surface area contributed by atoms with E-state index in [0.717, 1.165) is 28.4 Å². The summed E-state index contributed by atoms with van der Waals surface area (Å²) in [6.45, 7) is 8.51. The fraction of sp³-hybridized carbons (Fsp3) is 0.0909. The highest BCUT2D eigenvalue weighted by molar-refractivity contribution is 7.22. The molecule has 0 spiro atoms. The molecule has 4 rings (SSSR count). The molecule has 48 heavy (non-hydrogen) atoms. The minimum atomic E-state index is -0.810. The number of benzene rings is 3. The van der Waals surface area contributed by atoms with Gasteiger partial charge in [0.25, 0.3) is 0 Å². The maximum atomic E-state index is 13.3. The summed E-state index contributed by atoms with van der Waals surface area (Å²) in [5.41, 5.74) is 3.98. The van der Waals surface area contributed by atoms with Gasteiger partial charge in [0.1, 0.15) is 11.5 Å². The van der Waals surface area contributed by atoms with E-state index in [1.807, 2.05) is 24.3 Å². The highest BCUT2D eigenvalue weighted by Gasteiger charge is 2.17. The fourth-order valence-corrected chi connectivity index (χ4v) is 4.36. The zero-order chi connectivity index (χ0) is 34.3. The van der Waals surface area contributed by atoms with Crippen LogP contribution < -0.4 is 24.4 Å². The number of esters is 4. The van der Waals surface area contributed by atoms with E-state index < -0.39 is 44.3 Å². The Labute approximate surface area is 277 Å². The van der Waals surface area contributed by atoms with Gasteiger partial charge in [0.05, 0.1) is 22.0 Å². The molecule has 0 aliphatic carbocycles. The average molecular weight is 674 g/mol. The van der Waals surface area contributed by atoms with Gasteiger partial charge in [-0.2, -0.15) is 5.10 Å². The predicted octanol–water partition coefficient (Wildman–Crippen LogP) is 5.16. The van der Waals surface area contributed by atoms with Gasteiger partial charge in [-0.05, 0) is 48.5 Å². The third kappa shape index (κ3) is 10.0. The van der Waals surface area contributed by atoms with Crippen LogP contribution in [0.3, 0.4) is 0 Å². The molecule has 0 aliphatic rings. The number of para-hydroxylation sites is 1. The van der Waals surface area contributed by atoms with Gasteiger partial charge in [-0.3, -0.25) is 5.43 Å². The van der Waals surface area contributed by atoms with Crippen LogP contribution in [0, 0.1) is 0 Å². The van der Waals surface area contributed by atoms with Crippen LogP contribution >= 0.6 is 11.3 Å². The molecule has 0 aliphatic heterocycles. The van der Waals surface area contributed by atoms with E-state index in [4.69, 9.17) is 33.2 Å². The number of fused-ring (bicyclic) bond motifs is 1. The van der Waals surface area contributed by atoms with Crippen LogP contribution in [-0.4, -0.2) is 55.5 Å². The summed E-state index contributed by atoms with van der Waals surface area (Å²) in [6, 6.07) is 16.1. The van der Waals surface area contributed by atoms with Crippen LogP contribution in [0.1, 0.15) is 15.9 Å². The molecule has 0 saturated carbocycles. The number of nitrogens with zero attached hydrogens (tertiary/aromatic N) is 2. The van der Waals surface area contributed by atoms with Crippen LogP contribution in [0.15, 0.2) is 104 Å². The third-order valence-corrected chi connectivity index (χ3v) is 6.72. The van der Waals surface area contributed by atoms with Crippen molar-refractivity contribution in [1.29, 1.82) is 0 Å². The van der Waals surface area contributed by atoms with Gasteiger partial charge in [0.2, 0.25) is 25.5 Å². The quantitative estimate of drug-likeness (QED) is 0.0297. The SMILES string of the molecule is C=CC(=O)OCOc1ccc(OC(=O)c2ccc(OCOC(=O)C=C)c(OCOC(=O)C=C)c2)c(/C=N/Nc2nc3ccccc3s2)c1. The van der Waals surface area contributed by atoms with Gasteiger partial charge in [-0.25, -0.2) is 24.2 Å². The first kappa shape index (κ1) is 34.4. The Kier molecular flexibility index (Phi) is 12.4. The Morgan fingerprint density at radius 1 is 0.750 bits per heavy atom. The van der Waals surface area contributed by atoms with Crippen molar-refractivity contribution in [1.82, 2.24) is 4.98 Å². The molecular weight excluding hydrogens is 646 g/mol. The molecule has 0 atom stereocenters. The van der Waals surface area contributed by atoms with Gasteiger partial charge in [0.15, 0.2) is 11.5 Å². The predicted molar refractivity (Wildman–Crippen MR) is 174 cm³/mol. The molecule has 3 aromatic carbocycles. The van der Waals surface area contributed by atoms with E-state index in [1.165, 1.54) is 53.9 Å². The molecule has 1 aromatic heterocycles. The van der Waals surface area contributed by atoms with Crippen molar-refractivity contribution in [2.24, 2.45) is 5.10 Å². The second kappa shape index (κ2) is 17.3. The number of carbonyl (C=O) groups excluding carboxylic acids is 4. The molecule has 15 heteroatoms. The van der Waals surface area contributed by atoms with Crippen LogP contribution in [0.2, 0.25) is 0 Å². The molecule has 1 heterocycles. The molecule has 0 amide bonds. The van der Waals surface area contributed by atoms with Gasteiger partial charge in [-0.15, -0.1) is 0 Å². The summed E-state index contributed by atoms with van der Waals surface area (Å²) in [7, 11) is 0. The van der Waals surface area contributed by atoms with E-state index >= 15 is 0 Å². The lowest BCUT2D eigenvalue weighted by atomic mass is 10.2. The van der Waals surface area contributed by atoms with Gasteiger partial charge >= 0.3 is 23.9 Å². The second-order valence-electron chi connectivity index (χ2n) is 8.90. The topological polar surface area (TPSA) is 170 Å². The molecule has 0 fully saturated rings. The van der Waals surface area contributed by atoms with Crippen LogP contribution in [0.5, 0.6) is 23.0 Å². The summed E-state index contributed by atoms with van der Waals surface area (Å²) in [5, 5.41) is 4.77. The summed E-state index contributed by atoms with van der Waals surface area (Å²) < 4.78 is 37.6. The molecule has 0 bridgehead atoms. The van der Waals surface area contributed by atoms with E-state index in [1.54, 1.807) is 0 Å². The third-order valence-electron chi connectivity index (χ3n) is 5.78. The van der Waals surface area contributed by atoms with Crippen molar-refractivity contribution in [3.05, 3.63) is 110 Å². The normalized spacial score (nSPS) is 10.4. The van der Waals surface area contributed by atoms with Crippen LogP contribution in [0.25, 0.3) is 10.2 Å². The first-order valence-electron chi connectivity index (χ1n) is 13.7. The Bertz CT molecular complexity index is 1840. The van der Waals surface area contributed by atoms with Gasteiger partial charge in [-0.1, -0.05) is 43.2 Å². The Morgan fingerprint density at radius 2 is 1.38 bits per heavy atom. The fourth-order valence-electron chi connectivity index (χ4n) is 3.55. The lowest BCUT2D eigenvalue weighted by Gasteiger charge is -2.14. The van der Waals surface area contributed by atoms with Gasteiger partial charge in [0, 0.05) is 23.8 Å². The molecule has 246 valence electrons. The minimum Gasteiger partial charge on any atom is -0.457 e. The van der Waals surface area contributed by atoms with Crippen molar-refractivity contribution < 1.29 is 52.3 Å². The molecule has 0 radical (unpaired) electrons. The van der Waals surface area contributed by atoms with E-state index in [9.17, 15) is 19.2 Å². The first-order chi connectivity index (χ1) is 23.3. The van der Waals surface area contributed by atoms with Crippen molar-refractivity contribution in [2.75, 3.05) is 25.8 Å². The summed E-state index contributed by atoms with van der Waals surface area (Å²) >= 11 is 1.40. The molecule has 1 N–H and O–H groups in total. The highest BCUT2D eigenvalue weighted by Crippen LogP contribution is 2.31. The summed E-state index contributed by atoms with van der Waals surface area (Å²) in [6.07, 6.45) is 4.29. The standard InChI is InChI=1S/C33H27N3O11S/c1-4-29(37)44-18-41-23-12-14-25(22(15-23)17-34-36-33-35-24-9-7-8-10-28(24)48-33)47-32(40)21-11-13-26(42-19-45-30(38)5-2)27(16-21)43-20-46-31(39)6-3/h4-17H,1-3,18-20H2,(H,35,36)/b34-17+. The van der Waals surface area contributed by atoms with Crippen LogP contribution in [-0.2, 0) is 28.6 Å². The molecule has 14 nitrogen and oxygen atoms in total. The average Bonchev–Trinajstić information content (AvgIpc) is 3.52. The van der Waals surface area contributed by atoms with E-state index in [0.29, 0.717) is 10.7 Å². The van der Waals surface area contributed by atoms with E-state index in [2.05, 4.69) is 35.2 Å². The molecule has 0 saturated heterocycles. The molecule has 0 unspecified atom stereocenters. The number of hydrogen-bond donors (Lipinski definition) is 1. The van der Waals surface area contributed by atoms with Crippen molar-refractivity contribution in [3.8, 4) is 23.0 Å². The number of hydrogen-bond acceptors (Lipinski definition) is 15. The Balaban J connectivity index is 1.55. The summed E-state index contributed by atoms with van der Waals surface area (Å²) in [5.74, 6) is -2.55. The maximum absolute atomic E-state index is 13.3. The van der Waals surface area contributed by atoms with Crippen molar-refractivity contribution >= 4 is 56.8 Å². The smallest absolute Gasteiger partial charge is 0.343 e. The minimum absolute atomic E-state index is 0.0163. The second-order valence-corrected chi connectivity index (χ2v) is 9.93. The number of rotatable bonds is 17. The maximum Gasteiger partial charge on any atom is 0.343 e. The molecule has 4 aromatic rings. The number of ether oxygens (including phenoxy) is 7. The summed E-state index contributed by atoms with van der Waals surface area (Å²) in [4.78, 5) is 52.0. The Morgan fingerprint density at radius 3 is 2.04 bits per heavy atom. The number of nitrogens with one attached hydrogen (secondary N) is 1. The lowest BCUT2D eigenvalue weighted by Crippen LogP contribution is -2.13. The number of anilines is 1. The number of carbonyl (C=O) groups is 4. The van der Waals surface area contributed by atoms with Crippen molar-refractivity contribution in [2.45, 2.75) is 0 Å². The monoisotopic (exact) mass is 673 g/mol. The van der Waals surface area contributed by atoms with E-state index in [-0.39, 0.29) is 28.6 Å².